The van der Waals surface area contributed by atoms with Crippen LogP contribution in [0.2, 0.25) is 10.0 Å². The van der Waals surface area contributed by atoms with Crippen molar-refractivity contribution in [3.8, 4) is 0 Å². The number of rotatable bonds is 4. The van der Waals surface area contributed by atoms with Gasteiger partial charge in [-0.3, -0.25) is 9.59 Å². The number of carbonyl (C=O) groups excluding carboxylic acids is 2. The molecule has 1 N–H and O–H groups in total. The van der Waals surface area contributed by atoms with Crippen LogP contribution in [0.3, 0.4) is 0 Å². The third-order valence-corrected chi connectivity index (χ3v) is 8.33. The molecule has 0 unspecified atom stereocenters. The van der Waals surface area contributed by atoms with E-state index in [9.17, 15) is 18.0 Å². The Labute approximate surface area is 178 Å². The number of benzene rings is 1. The second-order valence-corrected chi connectivity index (χ2v) is 11.8. The number of fused-ring (bicyclic) bond motifs is 1. The van der Waals surface area contributed by atoms with E-state index in [0.29, 0.717) is 22.0 Å². The molecule has 0 saturated carbocycles. The number of hydrogen-bond donors (Lipinski definition) is 1. The third-order valence-electron chi connectivity index (χ3n) is 4.53. The van der Waals surface area contributed by atoms with Crippen molar-refractivity contribution in [3.63, 3.8) is 0 Å². The maximum absolute atomic E-state index is 12.8. The van der Waals surface area contributed by atoms with Gasteiger partial charge in [-0.05, 0) is 35.1 Å². The van der Waals surface area contributed by atoms with Crippen LogP contribution in [0.5, 0.6) is 0 Å². The molecule has 1 heterocycles. The fourth-order valence-corrected chi connectivity index (χ4v) is 6.08. The zero-order valence-corrected chi connectivity index (χ0v) is 18.7. The molecule has 2 aromatic rings. The molecule has 1 aromatic heterocycles. The molecule has 0 saturated heterocycles. The molecule has 0 aliphatic heterocycles. The zero-order chi connectivity index (χ0) is 20.9. The second-order valence-electron chi connectivity index (χ2n) is 7.72. The first-order valence-electron chi connectivity index (χ1n) is 8.50. The van der Waals surface area contributed by atoms with Gasteiger partial charge in [-0.25, -0.2) is 8.42 Å². The highest BCUT2D eigenvalue weighted by molar-refractivity contribution is 7.92. The molecule has 1 aliphatic rings. The number of thiophene rings is 1. The smallest absolute Gasteiger partial charge is 0.261 e. The molecule has 0 fully saturated rings. The van der Waals surface area contributed by atoms with E-state index in [4.69, 9.17) is 23.2 Å². The summed E-state index contributed by atoms with van der Waals surface area (Å²) in [5.74, 6) is -0.640. The highest BCUT2D eigenvalue weighted by Crippen LogP contribution is 2.43. The van der Waals surface area contributed by atoms with Crippen molar-refractivity contribution in [3.05, 3.63) is 49.8 Å². The summed E-state index contributed by atoms with van der Waals surface area (Å²) in [7, 11) is -3.62. The van der Waals surface area contributed by atoms with Gasteiger partial charge in [0.25, 0.3) is 5.91 Å². The summed E-state index contributed by atoms with van der Waals surface area (Å²) in [6.07, 6.45) is 1.78. The number of nitrogens with one attached hydrogen (secondary N) is 1. The van der Waals surface area contributed by atoms with Gasteiger partial charge in [0, 0.05) is 19.2 Å². The van der Waals surface area contributed by atoms with Gasteiger partial charge in [-0.1, -0.05) is 43.1 Å². The molecule has 1 aliphatic carbocycles. The quantitative estimate of drug-likeness (QED) is 0.727. The lowest BCUT2D eigenvalue weighted by molar-refractivity contribution is 0.0909. The summed E-state index contributed by atoms with van der Waals surface area (Å²) in [5, 5.41) is 3.58. The van der Waals surface area contributed by atoms with Crippen LogP contribution in [0.1, 0.15) is 51.4 Å². The van der Waals surface area contributed by atoms with Crippen molar-refractivity contribution in [2.45, 2.75) is 37.4 Å². The van der Waals surface area contributed by atoms with Crippen LogP contribution in [0.15, 0.2) is 22.4 Å². The number of amides is 1. The SMILES string of the molecule is CC1(C)CC(=O)c2c(S(C)(=O)=O)sc(C(=O)NCc3ccc(Cl)c(Cl)c3)c2C1. The summed E-state index contributed by atoms with van der Waals surface area (Å²) in [6, 6.07) is 5.04. The summed E-state index contributed by atoms with van der Waals surface area (Å²) < 4.78 is 24.4. The maximum atomic E-state index is 12.8. The van der Waals surface area contributed by atoms with E-state index in [2.05, 4.69) is 5.32 Å². The number of carbonyl (C=O) groups is 2. The predicted molar refractivity (Wildman–Crippen MR) is 111 cm³/mol. The lowest BCUT2D eigenvalue weighted by Crippen LogP contribution is -2.29. The molecule has 1 aromatic carbocycles. The van der Waals surface area contributed by atoms with Crippen molar-refractivity contribution in [2.75, 3.05) is 6.26 Å². The molecular formula is C19H19Cl2NO4S2. The Bertz CT molecular complexity index is 1090. The first-order chi connectivity index (χ1) is 12.9. The van der Waals surface area contributed by atoms with Crippen LogP contribution in [-0.4, -0.2) is 26.4 Å². The topological polar surface area (TPSA) is 80.3 Å². The Balaban J connectivity index is 1.96. The van der Waals surface area contributed by atoms with Gasteiger partial charge in [0.2, 0.25) is 0 Å². The van der Waals surface area contributed by atoms with Crippen LogP contribution in [0, 0.1) is 5.41 Å². The molecule has 0 bridgehead atoms. The summed E-state index contributed by atoms with van der Waals surface area (Å²) in [6.45, 7) is 4.07. The number of ketones is 1. The molecule has 150 valence electrons. The first kappa shape index (κ1) is 21.3. The lowest BCUT2D eigenvalue weighted by Gasteiger charge is -2.29. The summed E-state index contributed by atoms with van der Waals surface area (Å²) >= 11 is 12.8. The zero-order valence-electron chi connectivity index (χ0n) is 15.6. The molecule has 5 nitrogen and oxygen atoms in total. The number of hydrogen-bond acceptors (Lipinski definition) is 5. The summed E-state index contributed by atoms with van der Waals surface area (Å²) in [5.41, 5.74) is 1.14. The van der Waals surface area contributed by atoms with Gasteiger partial charge in [-0.15, -0.1) is 11.3 Å². The fourth-order valence-electron chi connectivity index (χ4n) is 3.31. The van der Waals surface area contributed by atoms with Gasteiger partial charge in [0.1, 0.15) is 4.21 Å². The minimum atomic E-state index is -3.62. The Hall–Kier alpha value is -1.41. The standard InChI is InChI=1S/C19H19Cl2NO4S2/c1-19(2)7-11-15(14(23)8-19)18(28(3,25)26)27-16(11)17(24)22-9-10-4-5-12(20)13(21)6-10/h4-6H,7-9H2,1-3H3,(H,22,24). The molecule has 9 heteroatoms. The molecule has 0 radical (unpaired) electrons. The second kappa shape index (κ2) is 7.44. The van der Waals surface area contributed by atoms with E-state index in [-0.39, 0.29) is 38.8 Å². The van der Waals surface area contributed by atoms with E-state index in [1.165, 1.54) is 0 Å². The van der Waals surface area contributed by atoms with Crippen molar-refractivity contribution < 1.29 is 18.0 Å². The van der Waals surface area contributed by atoms with Gasteiger partial charge >= 0.3 is 0 Å². The van der Waals surface area contributed by atoms with Gasteiger partial charge in [-0.2, -0.15) is 0 Å². The average Bonchev–Trinajstić information content (AvgIpc) is 2.94. The first-order valence-corrected chi connectivity index (χ1v) is 12.0. The molecule has 3 rings (SSSR count). The van der Waals surface area contributed by atoms with E-state index >= 15 is 0 Å². The lowest BCUT2D eigenvalue weighted by atomic mass is 9.74. The normalized spacial score (nSPS) is 16.0. The van der Waals surface area contributed by atoms with Crippen LogP contribution in [0.25, 0.3) is 0 Å². The average molecular weight is 460 g/mol. The molecule has 0 atom stereocenters. The van der Waals surface area contributed by atoms with Crippen molar-refractivity contribution in [2.24, 2.45) is 5.41 Å². The minimum Gasteiger partial charge on any atom is -0.347 e. The van der Waals surface area contributed by atoms with E-state index in [1.54, 1.807) is 18.2 Å². The van der Waals surface area contributed by atoms with E-state index < -0.39 is 15.7 Å². The fraction of sp³-hybridized carbons (Fsp3) is 0.368. The van der Waals surface area contributed by atoms with Crippen LogP contribution in [-0.2, 0) is 22.8 Å². The number of Topliss-reactive ketones (excluding diaryl/α,β-unsaturated/α-hetero) is 1. The Morgan fingerprint density at radius 3 is 2.50 bits per heavy atom. The van der Waals surface area contributed by atoms with Gasteiger partial charge in [0.05, 0.1) is 20.5 Å². The molecule has 28 heavy (non-hydrogen) atoms. The van der Waals surface area contributed by atoms with E-state index in [1.807, 2.05) is 13.8 Å². The third kappa shape index (κ3) is 4.27. The van der Waals surface area contributed by atoms with Crippen LogP contribution >= 0.6 is 34.5 Å². The highest BCUT2D eigenvalue weighted by atomic mass is 35.5. The van der Waals surface area contributed by atoms with Crippen molar-refractivity contribution >= 4 is 56.1 Å². The van der Waals surface area contributed by atoms with Crippen LogP contribution in [0.4, 0.5) is 0 Å². The van der Waals surface area contributed by atoms with Crippen LogP contribution < -0.4 is 5.32 Å². The van der Waals surface area contributed by atoms with Crippen molar-refractivity contribution in [1.82, 2.24) is 5.32 Å². The largest absolute Gasteiger partial charge is 0.347 e. The van der Waals surface area contributed by atoms with Crippen molar-refractivity contribution in [1.29, 1.82) is 0 Å². The number of halogens is 2. The Kier molecular flexibility index (Phi) is 5.66. The minimum absolute atomic E-state index is 0.0253. The predicted octanol–water partition coefficient (Wildman–Crippen LogP) is 4.54. The Morgan fingerprint density at radius 2 is 1.89 bits per heavy atom. The molecule has 1 amide bonds. The summed E-state index contributed by atoms with van der Waals surface area (Å²) in [4.78, 5) is 25.7. The van der Waals surface area contributed by atoms with E-state index in [0.717, 1.165) is 23.2 Å². The molecular weight excluding hydrogens is 441 g/mol. The van der Waals surface area contributed by atoms with Gasteiger partial charge < -0.3 is 5.32 Å². The molecule has 0 spiro atoms. The van der Waals surface area contributed by atoms with Gasteiger partial charge in [0.15, 0.2) is 15.6 Å². The Morgan fingerprint density at radius 1 is 1.21 bits per heavy atom. The number of sulfone groups is 1. The monoisotopic (exact) mass is 459 g/mol. The highest BCUT2D eigenvalue weighted by Gasteiger charge is 2.39. The maximum Gasteiger partial charge on any atom is 0.261 e.